The Morgan fingerprint density at radius 3 is 2.27 bits per heavy atom. The lowest BCUT2D eigenvalue weighted by atomic mass is 10.2. The average Bonchev–Trinajstić information content (AvgIpc) is 2.55. The molecular weight excluding hydrogens is 314 g/mol. The molecule has 5 heteroatoms. The monoisotopic (exact) mass is 335 g/mol. The van der Waals surface area contributed by atoms with Gasteiger partial charge >= 0.3 is 5.97 Å². The number of nitrogens with two attached hydrogens (primary N) is 1. The molecule has 2 aromatic carbocycles. The van der Waals surface area contributed by atoms with E-state index in [-0.39, 0.29) is 6.54 Å². The van der Waals surface area contributed by atoms with Crippen LogP contribution in [0.4, 0.5) is 0 Å². The van der Waals surface area contributed by atoms with Crippen molar-refractivity contribution < 1.29 is 9.53 Å². The molecule has 3 nitrogen and oxygen atoms in total. The highest BCUT2D eigenvalue weighted by Crippen LogP contribution is 2.37. The number of benzene rings is 2. The summed E-state index contributed by atoms with van der Waals surface area (Å²) in [7, 11) is 3.30. The fraction of sp³-hybridized carbons (Fsp3) is 0.235. The van der Waals surface area contributed by atoms with Gasteiger partial charge in [-0.25, -0.2) is 0 Å². The van der Waals surface area contributed by atoms with Gasteiger partial charge < -0.3 is 10.5 Å². The van der Waals surface area contributed by atoms with Gasteiger partial charge in [-0.3, -0.25) is 4.79 Å². The number of carbonyl (C=O) groups excluding carboxylic acids is 1. The first-order valence-electron chi connectivity index (χ1n) is 6.98. The molecular formula is C17H21NO2S2. The summed E-state index contributed by atoms with van der Waals surface area (Å²) < 4.78 is 5.09. The minimum Gasteiger partial charge on any atom is -0.424 e. The second-order valence-electron chi connectivity index (χ2n) is 4.27. The van der Waals surface area contributed by atoms with Gasteiger partial charge in [0.05, 0.1) is 11.4 Å². The number of carbonyl (C=O) groups is 1. The third-order valence-corrected chi connectivity index (χ3v) is 4.92. The number of ether oxygens (including phenoxy) is 1. The average molecular weight is 335 g/mol. The molecule has 0 bridgehead atoms. The van der Waals surface area contributed by atoms with Gasteiger partial charge in [0.2, 0.25) is 0 Å². The summed E-state index contributed by atoms with van der Waals surface area (Å²) in [6, 6.07) is 17.7. The van der Waals surface area contributed by atoms with Gasteiger partial charge in [0.15, 0.2) is 0 Å². The molecule has 0 aromatic heterocycles. The third kappa shape index (κ3) is 7.54. The molecule has 22 heavy (non-hydrogen) atoms. The SMILES string of the molecule is CCSSc1ccccc1OC(=O)CN.Cc1ccccc1. The van der Waals surface area contributed by atoms with Gasteiger partial charge in [0.1, 0.15) is 5.75 Å². The van der Waals surface area contributed by atoms with Crippen molar-refractivity contribution in [2.24, 2.45) is 5.73 Å². The minimum atomic E-state index is -0.412. The van der Waals surface area contributed by atoms with E-state index >= 15 is 0 Å². The number of para-hydroxylation sites is 1. The van der Waals surface area contributed by atoms with Crippen LogP contribution in [0, 0.1) is 6.92 Å². The van der Waals surface area contributed by atoms with E-state index in [1.807, 2.05) is 36.4 Å². The summed E-state index contributed by atoms with van der Waals surface area (Å²) in [5, 5.41) is 0. The van der Waals surface area contributed by atoms with Crippen LogP contribution in [0.5, 0.6) is 5.75 Å². The number of esters is 1. The highest BCUT2D eigenvalue weighted by atomic mass is 33.1. The van der Waals surface area contributed by atoms with Crippen molar-refractivity contribution in [1.29, 1.82) is 0 Å². The van der Waals surface area contributed by atoms with E-state index < -0.39 is 5.97 Å². The molecule has 0 heterocycles. The molecule has 0 aliphatic carbocycles. The molecule has 0 saturated carbocycles. The topological polar surface area (TPSA) is 52.3 Å². The van der Waals surface area contributed by atoms with Crippen molar-refractivity contribution in [2.45, 2.75) is 18.7 Å². The van der Waals surface area contributed by atoms with Crippen molar-refractivity contribution in [1.82, 2.24) is 0 Å². The lowest BCUT2D eigenvalue weighted by Crippen LogP contribution is -2.19. The Balaban J connectivity index is 0.000000287. The number of hydrogen-bond acceptors (Lipinski definition) is 5. The smallest absolute Gasteiger partial charge is 0.325 e. The maximum Gasteiger partial charge on any atom is 0.325 e. The van der Waals surface area contributed by atoms with Crippen molar-refractivity contribution in [3.05, 3.63) is 60.2 Å². The predicted octanol–water partition coefficient (Wildman–Crippen LogP) is 4.31. The van der Waals surface area contributed by atoms with E-state index in [4.69, 9.17) is 10.5 Å². The van der Waals surface area contributed by atoms with Gasteiger partial charge in [-0.05, 0) is 19.1 Å². The van der Waals surface area contributed by atoms with Crippen molar-refractivity contribution in [2.75, 3.05) is 12.3 Å². The molecule has 0 saturated heterocycles. The van der Waals surface area contributed by atoms with Gasteiger partial charge in [0, 0.05) is 5.75 Å². The fourth-order valence-electron chi connectivity index (χ4n) is 1.42. The predicted molar refractivity (Wildman–Crippen MR) is 96.3 cm³/mol. The number of hydrogen-bond donors (Lipinski definition) is 1. The molecule has 118 valence electrons. The normalized spacial score (nSPS) is 9.59. The zero-order valence-electron chi connectivity index (χ0n) is 12.8. The van der Waals surface area contributed by atoms with Gasteiger partial charge in [-0.2, -0.15) is 0 Å². The van der Waals surface area contributed by atoms with Crippen LogP contribution < -0.4 is 10.5 Å². The van der Waals surface area contributed by atoms with Crippen LogP contribution >= 0.6 is 21.6 Å². The lowest BCUT2D eigenvalue weighted by Gasteiger charge is -2.07. The standard InChI is InChI=1S/C10H13NO2S2.C7H8/c1-2-14-15-9-6-4-3-5-8(9)13-10(12)7-11;1-7-5-3-2-4-6-7/h3-6H,2,7,11H2,1H3;2-6H,1H3. The lowest BCUT2D eigenvalue weighted by molar-refractivity contribution is -0.132. The van der Waals surface area contributed by atoms with Crippen LogP contribution in [-0.2, 0) is 4.79 Å². The van der Waals surface area contributed by atoms with Gasteiger partial charge in [-0.1, -0.05) is 76.5 Å². The van der Waals surface area contributed by atoms with Crippen LogP contribution in [0.2, 0.25) is 0 Å². The molecule has 0 aliphatic rings. The number of aryl methyl sites for hydroxylation is 1. The maximum atomic E-state index is 11.0. The third-order valence-electron chi connectivity index (χ3n) is 2.45. The Bertz CT molecular complexity index is 562. The molecule has 0 unspecified atom stereocenters. The van der Waals surface area contributed by atoms with Gasteiger partial charge in [-0.15, -0.1) is 0 Å². The van der Waals surface area contributed by atoms with E-state index in [9.17, 15) is 4.79 Å². The molecule has 2 N–H and O–H groups in total. The molecule has 0 amide bonds. The first-order valence-corrected chi connectivity index (χ1v) is 9.30. The summed E-state index contributed by atoms with van der Waals surface area (Å²) in [5.74, 6) is 1.17. The Labute approximate surface area is 140 Å². The zero-order valence-corrected chi connectivity index (χ0v) is 14.5. The summed E-state index contributed by atoms with van der Waals surface area (Å²) in [4.78, 5) is 12.0. The van der Waals surface area contributed by atoms with E-state index in [2.05, 4.69) is 26.0 Å². The van der Waals surface area contributed by atoms with Crippen LogP contribution in [0.1, 0.15) is 12.5 Å². The Morgan fingerprint density at radius 2 is 1.73 bits per heavy atom. The van der Waals surface area contributed by atoms with Crippen LogP contribution in [0.3, 0.4) is 0 Å². The molecule has 2 aromatic rings. The fourth-order valence-corrected chi connectivity index (χ4v) is 3.14. The van der Waals surface area contributed by atoms with Crippen molar-refractivity contribution >= 4 is 27.6 Å². The molecule has 0 radical (unpaired) electrons. The second-order valence-corrected chi connectivity index (χ2v) is 6.90. The molecule has 0 aliphatic heterocycles. The largest absolute Gasteiger partial charge is 0.424 e. The first-order chi connectivity index (χ1) is 10.7. The number of rotatable bonds is 5. The summed E-state index contributed by atoms with van der Waals surface area (Å²) in [6.45, 7) is 4.06. The molecule has 0 spiro atoms. The van der Waals surface area contributed by atoms with E-state index in [1.54, 1.807) is 27.7 Å². The molecule has 2 rings (SSSR count). The zero-order chi connectivity index (χ0) is 16.2. The van der Waals surface area contributed by atoms with E-state index in [0.29, 0.717) is 5.75 Å². The maximum absolute atomic E-state index is 11.0. The van der Waals surface area contributed by atoms with Crippen molar-refractivity contribution in [3.63, 3.8) is 0 Å². The van der Waals surface area contributed by atoms with Crippen LogP contribution in [-0.4, -0.2) is 18.3 Å². The van der Waals surface area contributed by atoms with Crippen LogP contribution in [0.25, 0.3) is 0 Å². The highest BCUT2D eigenvalue weighted by Gasteiger charge is 2.07. The summed E-state index contributed by atoms with van der Waals surface area (Å²) in [6.07, 6.45) is 0. The quantitative estimate of drug-likeness (QED) is 0.501. The second kappa shape index (κ2) is 11.2. The summed E-state index contributed by atoms with van der Waals surface area (Å²) >= 11 is 0. The van der Waals surface area contributed by atoms with E-state index in [0.717, 1.165) is 10.6 Å². The van der Waals surface area contributed by atoms with Gasteiger partial charge in [0.25, 0.3) is 0 Å². The summed E-state index contributed by atoms with van der Waals surface area (Å²) in [5.41, 5.74) is 6.51. The highest BCUT2D eigenvalue weighted by molar-refractivity contribution is 8.76. The molecule has 0 atom stereocenters. The Hall–Kier alpha value is -1.43. The van der Waals surface area contributed by atoms with Crippen LogP contribution in [0.15, 0.2) is 59.5 Å². The minimum absolute atomic E-state index is 0.0973. The Morgan fingerprint density at radius 1 is 1.09 bits per heavy atom. The molecule has 0 fully saturated rings. The van der Waals surface area contributed by atoms with Crippen molar-refractivity contribution in [3.8, 4) is 5.75 Å². The Kier molecular flexibility index (Phi) is 9.46. The van der Waals surface area contributed by atoms with E-state index in [1.165, 1.54) is 5.56 Å². The first kappa shape index (κ1) is 18.6.